The predicted octanol–water partition coefficient (Wildman–Crippen LogP) is 4.82. The summed E-state index contributed by atoms with van der Waals surface area (Å²) in [5.41, 5.74) is 2.38. The number of aliphatic carboxylic acids is 1. The molecule has 0 radical (unpaired) electrons. The Morgan fingerprint density at radius 2 is 2.03 bits per heavy atom. The van der Waals surface area contributed by atoms with Crippen LogP contribution in [0.5, 0.6) is 5.75 Å². The molecule has 0 atom stereocenters. The third kappa shape index (κ3) is 4.79. The van der Waals surface area contributed by atoms with E-state index in [4.69, 9.17) is 14.3 Å². The summed E-state index contributed by atoms with van der Waals surface area (Å²) in [7, 11) is 0. The van der Waals surface area contributed by atoms with E-state index >= 15 is 0 Å². The van der Waals surface area contributed by atoms with Gasteiger partial charge in [-0.25, -0.2) is 9.37 Å². The van der Waals surface area contributed by atoms with Crippen molar-refractivity contribution in [2.24, 2.45) is 0 Å². The molecule has 3 aromatic rings. The Hall–Kier alpha value is -3.66. The summed E-state index contributed by atoms with van der Waals surface area (Å²) in [6, 6.07) is 11.6. The summed E-state index contributed by atoms with van der Waals surface area (Å²) in [4.78, 5) is 15.2. The second-order valence-corrected chi connectivity index (χ2v) is 6.73. The number of carbonyl (C=O) groups is 1. The Labute approximate surface area is 167 Å². The summed E-state index contributed by atoms with van der Waals surface area (Å²) in [5, 5.41) is 18.2. The molecule has 0 aliphatic rings. The molecular formula is C22H19FN2O4. The van der Waals surface area contributed by atoms with Gasteiger partial charge in [-0.3, -0.25) is 4.79 Å². The van der Waals surface area contributed by atoms with Gasteiger partial charge in [-0.15, -0.1) is 0 Å². The highest BCUT2D eigenvalue weighted by Gasteiger charge is 2.14. The van der Waals surface area contributed by atoms with Crippen molar-refractivity contribution in [2.45, 2.75) is 32.8 Å². The molecule has 1 N–H and O–H groups in total. The number of aromatic nitrogens is 1. The zero-order valence-corrected chi connectivity index (χ0v) is 16.0. The van der Waals surface area contributed by atoms with Gasteiger partial charge >= 0.3 is 5.97 Å². The number of halogens is 1. The van der Waals surface area contributed by atoms with Crippen LogP contribution in [0.2, 0.25) is 0 Å². The highest BCUT2D eigenvalue weighted by molar-refractivity contribution is 5.68. The fourth-order valence-electron chi connectivity index (χ4n) is 2.81. The van der Waals surface area contributed by atoms with Crippen LogP contribution in [-0.4, -0.2) is 22.2 Å². The summed E-state index contributed by atoms with van der Waals surface area (Å²) in [5.74, 6) is -0.654. The monoisotopic (exact) mass is 394 g/mol. The molecule has 0 saturated heterocycles. The van der Waals surface area contributed by atoms with E-state index in [0.717, 1.165) is 0 Å². The normalized spacial score (nSPS) is 10.7. The lowest BCUT2D eigenvalue weighted by atomic mass is 10.0. The number of carboxylic acid groups (broad SMARTS) is 1. The van der Waals surface area contributed by atoms with E-state index < -0.39 is 11.8 Å². The minimum absolute atomic E-state index is 0.0601. The van der Waals surface area contributed by atoms with Gasteiger partial charge in [0.05, 0.1) is 11.7 Å². The maximum absolute atomic E-state index is 13.9. The van der Waals surface area contributed by atoms with Gasteiger partial charge in [0.2, 0.25) is 5.89 Å². The number of ether oxygens (including phenoxy) is 1. The van der Waals surface area contributed by atoms with E-state index in [1.165, 1.54) is 12.3 Å². The Bertz CT molecular complexity index is 1080. The van der Waals surface area contributed by atoms with Gasteiger partial charge in [-0.05, 0) is 62.2 Å². The SMILES string of the molecule is CC(C)Oc1ccc(-c2nc(-c3ccc(F)c(CCC(=O)O)c3)co2)cc1C#N. The number of nitriles is 1. The van der Waals surface area contributed by atoms with Crippen LogP contribution in [0.3, 0.4) is 0 Å². The van der Waals surface area contributed by atoms with Crippen molar-refractivity contribution >= 4 is 5.97 Å². The van der Waals surface area contributed by atoms with E-state index in [0.29, 0.717) is 39.6 Å². The van der Waals surface area contributed by atoms with Gasteiger partial charge in [0, 0.05) is 17.5 Å². The second-order valence-electron chi connectivity index (χ2n) is 6.73. The van der Waals surface area contributed by atoms with Crippen LogP contribution in [0.4, 0.5) is 4.39 Å². The third-order valence-electron chi connectivity index (χ3n) is 4.16. The maximum atomic E-state index is 13.9. The number of oxazole rings is 1. The fourth-order valence-corrected chi connectivity index (χ4v) is 2.81. The lowest BCUT2D eigenvalue weighted by molar-refractivity contribution is -0.136. The van der Waals surface area contributed by atoms with Crippen molar-refractivity contribution in [1.29, 1.82) is 5.26 Å². The molecule has 6 nitrogen and oxygen atoms in total. The Balaban J connectivity index is 1.89. The summed E-state index contributed by atoms with van der Waals surface area (Å²) in [6.45, 7) is 3.76. The first-order valence-electron chi connectivity index (χ1n) is 9.04. The minimum atomic E-state index is -0.989. The summed E-state index contributed by atoms with van der Waals surface area (Å²) >= 11 is 0. The largest absolute Gasteiger partial charge is 0.490 e. The van der Waals surface area contributed by atoms with Gasteiger partial charge in [0.25, 0.3) is 0 Å². The molecule has 148 valence electrons. The van der Waals surface area contributed by atoms with Gasteiger partial charge in [0.1, 0.15) is 29.6 Å². The molecule has 0 aliphatic heterocycles. The lowest BCUT2D eigenvalue weighted by Gasteiger charge is -2.11. The zero-order valence-electron chi connectivity index (χ0n) is 16.0. The van der Waals surface area contributed by atoms with Crippen LogP contribution in [-0.2, 0) is 11.2 Å². The average Bonchev–Trinajstić information content (AvgIpc) is 3.17. The first-order chi connectivity index (χ1) is 13.9. The summed E-state index contributed by atoms with van der Waals surface area (Å²) < 4.78 is 25.1. The molecule has 0 saturated carbocycles. The molecule has 0 unspecified atom stereocenters. The number of hydrogen-bond donors (Lipinski definition) is 1. The van der Waals surface area contributed by atoms with E-state index in [9.17, 15) is 14.4 Å². The van der Waals surface area contributed by atoms with Gasteiger partial charge in [0.15, 0.2) is 0 Å². The van der Waals surface area contributed by atoms with Crippen LogP contribution in [0.15, 0.2) is 47.1 Å². The van der Waals surface area contributed by atoms with Crippen molar-refractivity contribution in [3.63, 3.8) is 0 Å². The third-order valence-corrected chi connectivity index (χ3v) is 4.16. The molecule has 1 aromatic heterocycles. The number of benzene rings is 2. The number of aryl methyl sites for hydroxylation is 1. The highest BCUT2D eigenvalue weighted by Crippen LogP contribution is 2.29. The quantitative estimate of drug-likeness (QED) is 0.617. The van der Waals surface area contributed by atoms with Gasteiger partial charge in [-0.2, -0.15) is 5.26 Å². The first-order valence-corrected chi connectivity index (χ1v) is 9.04. The van der Waals surface area contributed by atoms with E-state index in [1.54, 1.807) is 30.3 Å². The Morgan fingerprint density at radius 3 is 2.72 bits per heavy atom. The minimum Gasteiger partial charge on any atom is -0.490 e. The van der Waals surface area contributed by atoms with E-state index in [-0.39, 0.29) is 18.9 Å². The Morgan fingerprint density at radius 1 is 1.28 bits per heavy atom. The molecule has 7 heteroatoms. The molecular weight excluding hydrogens is 375 g/mol. The first kappa shape index (κ1) is 20.1. The summed E-state index contributed by atoms with van der Waals surface area (Å²) in [6.07, 6.45) is 1.30. The standard InChI is InChI=1S/C22H19FN2O4/c1-13(2)29-20-7-4-16(10-17(20)11-24)22-25-19(12-28-22)15-3-6-18(23)14(9-15)5-8-21(26)27/h3-4,6-7,9-10,12-13H,5,8H2,1-2H3,(H,26,27). The van der Waals surface area contributed by atoms with Crippen molar-refractivity contribution in [1.82, 2.24) is 4.98 Å². The molecule has 0 spiro atoms. The van der Waals surface area contributed by atoms with Crippen LogP contribution >= 0.6 is 0 Å². The molecule has 0 bridgehead atoms. The fraction of sp³-hybridized carbons (Fsp3) is 0.227. The molecule has 1 heterocycles. The molecule has 0 amide bonds. The van der Waals surface area contributed by atoms with Crippen molar-refractivity contribution in [2.75, 3.05) is 0 Å². The molecule has 3 rings (SSSR count). The molecule has 2 aromatic carbocycles. The van der Waals surface area contributed by atoms with Crippen LogP contribution in [0.25, 0.3) is 22.7 Å². The zero-order chi connectivity index (χ0) is 21.0. The highest BCUT2D eigenvalue weighted by atomic mass is 19.1. The number of hydrogen-bond acceptors (Lipinski definition) is 5. The van der Waals surface area contributed by atoms with E-state index in [1.807, 2.05) is 13.8 Å². The van der Waals surface area contributed by atoms with Gasteiger partial charge < -0.3 is 14.3 Å². The topological polar surface area (TPSA) is 96.3 Å². The molecule has 29 heavy (non-hydrogen) atoms. The second kappa shape index (κ2) is 8.57. The Kier molecular flexibility index (Phi) is 5.93. The van der Waals surface area contributed by atoms with Crippen molar-refractivity contribution < 1.29 is 23.4 Å². The lowest BCUT2D eigenvalue weighted by Crippen LogP contribution is -2.06. The van der Waals surface area contributed by atoms with Crippen molar-refractivity contribution in [3.05, 3.63) is 59.6 Å². The number of carboxylic acids is 1. The van der Waals surface area contributed by atoms with E-state index in [2.05, 4.69) is 11.1 Å². The maximum Gasteiger partial charge on any atom is 0.303 e. The van der Waals surface area contributed by atoms with Crippen molar-refractivity contribution in [3.8, 4) is 34.5 Å². The van der Waals surface area contributed by atoms with Gasteiger partial charge in [-0.1, -0.05) is 0 Å². The predicted molar refractivity (Wildman–Crippen MR) is 104 cm³/mol. The van der Waals surface area contributed by atoms with Crippen LogP contribution in [0.1, 0.15) is 31.4 Å². The number of nitrogens with zero attached hydrogens (tertiary/aromatic N) is 2. The molecule has 0 aliphatic carbocycles. The van der Waals surface area contributed by atoms with Crippen LogP contribution < -0.4 is 4.74 Å². The van der Waals surface area contributed by atoms with Crippen LogP contribution in [0, 0.1) is 17.1 Å². The number of rotatable bonds is 7. The average molecular weight is 394 g/mol. The smallest absolute Gasteiger partial charge is 0.303 e. The molecule has 0 fully saturated rings.